The van der Waals surface area contributed by atoms with E-state index in [1.165, 1.54) is 7.11 Å². The predicted molar refractivity (Wildman–Crippen MR) is 84.4 cm³/mol. The Kier molecular flexibility index (Phi) is 4.96. The summed E-state index contributed by atoms with van der Waals surface area (Å²) >= 11 is 3.34. The molecule has 0 aromatic heterocycles. The molecule has 0 heterocycles. The molecule has 0 aliphatic rings. The zero-order chi connectivity index (χ0) is 15.2. The van der Waals surface area contributed by atoms with Crippen LogP contribution in [0.4, 0.5) is 5.69 Å². The topological polar surface area (TPSA) is 62.1 Å². The number of nitrogens with zero attached hydrogens (tertiary/aromatic N) is 1. The third kappa shape index (κ3) is 3.83. The highest BCUT2D eigenvalue weighted by Gasteiger charge is 2.12. The van der Waals surface area contributed by atoms with Crippen molar-refractivity contribution in [1.29, 1.82) is 5.26 Å². The fourth-order valence-electron chi connectivity index (χ4n) is 1.85. The first-order valence-electron chi connectivity index (χ1n) is 6.25. The summed E-state index contributed by atoms with van der Waals surface area (Å²) in [5.41, 5.74) is 2.05. The molecule has 2 aromatic rings. The third-order valence-corrected chi connectivity index (χ3v) is 3.40. The van der Waals surface area contributed by atoms with Gasteiger partial charge in [0.05, 0.1) is 25.2 Å². The van der Waals surface area contributed by atoms with Crippen molar-refractivity contribution in [2.75, 3.05) is 12.4 Å². The zero-order valence-electron chi connectivity index (χ0n) is 11.4. The Morgan fingerprint density at radius 1 is 1.29 bits per heavy atom. The van der Waals surface area contributed by atoms with Crippen LogP contribution in [0.15, 0.2) is 46.9 Å². The van der Waals surface area contributed by atoms with Gasteiger partial charge < -0.3 is 10.1 Å². The van der Waals surface area contributed by atoms with Gasteiger partial charge in [0.25, 0.3) is 5.91 Å². The third-order valence-electron chi connectivity index (χ3n) is 2.90. The van der Waals surface area contributed by atoms with E-state index in [1.54, 1.807) is 30.3 Å². The quantitative estimate of drug-likeness (QED) is 0.917. The molecule has 0 atom stereocenters. The van der Waals surface area contributed by atoms with Crippen LogP contribution in [0.3, 0.4) is 0 Å². The molecular weight excluding hydrogens is 332 g/mol. The van der Waals surface area contributed by atoms with E-state index < -0.39 is 0 Å². The minimum Gasteiger partial charge on any atom is -0.496 e. The van der Waals surface area contributed by atoms with E-state index >= 15 is 0 Å². The molecule has 4 nitrogen and oxygen atoms in total. The van der Waals surface area contributed by atoms with E-state index in [9.17, 15) is 4.79 Å². The van der Waals surface area contributed by atoms with Crippen LogP contribution in [0.1, 0.15) is 15.9 Å². The summed E-state index contributed by atoms with van der Waals surface area (Å²) in [4.78, 5) is 12.3. The maximum Gasteiger partial charge on any atom is 0.259 e. The maximum absolute atomic E-state index is 12.3. The van der Waals surface area contributed by atoms with E-state index in [2.05, 4.69) is 27.3 Å². The molecule has 2 aromatic carbocycles. The van der Waals surface area contributed by atoms with Gasteiger partial charge in [-0.25, -0.2) is 0 Å². The van der Waals surface area contributed by atoms with Crippen molar-refractivity contribution in [2.45, 2.75) is 6.42 Å². The number of ether oxygens (including phenoxy) is 1. The fraction of sp³-hybridized carbons (Fsp3) is 0.125. The van der Waals surface area contributed by atoms with Crippen LogP contribution < -0.4 is 10.1 Å². The monoisotopic (exact) mass is 344 g/mol. The van der Waals surface area contributed by atoms with Gasteiger partial charge >= 0.3 is 0 Å². The molecule has 0 saturated heterocycles. The molecule has 0 spiro atoms. The number of nitrogens with one attached hydrogen (secondary N) is 1. The summed E-state index contributed by atoms with van der Waals surface area (Å²) in [5, 5.41) is 11.4. The van der Waals surface area contributed by atoms with Gasteiger partial charge in [0.2, 0.25) is 0 Å². The maximum atomic E-state index is 12.3. The van der Waals surface area contributed by atoms with Crippen molar-refractivity contribution < 1.29 is 9.53 Å². The SMILES string of the molecule is COc1cc(Br)ccc1C(=O)Nc1ccc(CC#N)cc1. The normalized spacial score (nSPS) is 9.76. The predicted octanol–water partition coefficient (Wildman–Crippen LogP) is 3.78. The number of carbonyl (C=O) groups is 1. The first-order valence-corrected chi connectivity index (χ1v) is 7.04. The summed E-state index contributed by atoms with van der Waals surface area (Å²) in [6.45, 7) is 0. The smallest absolute Gasteiger partial charge is 0.259 e. The van der Waals surface area contributed by atoms with Gasteiger partial charge in [0.15, 0.2) is 0 Å². The van der Waals surface area contributed by atoms with Gasteiger partial charge in [0.1, 0.15) is 5.75 Å². The lowest BCUT2D eigenvalue weighted by molar-refractivity contribution is 0.102. The molecule has 106 valence electrons. The molecule has 21 heavy (non-hydrogen) atoms. The Labute approximate surface area is 131 Å². The van der Waals surface area contributed by atoms with Crippen molar-refractivity contribution in [3.8, 4) is 11.8 Å². The molecule has 0 radical (unpaired) electrons. The lowest BCUT2D eigenvalue weighted by atomic mass is 10.1. The van der Waals surface area contributed by atoms with Crippen LogP contribution in [0.5, 0.6) is 5.75 Å². The Morgan fingerprint density at radius 3 is 2.62 bits per heavy atom. The Bertz CT molecular complexity index is 690. The van der Waals surface area contributed by atoms with Gasteiger partial charge in [0, 0.05) is 10.2 Å². The highest BCUT2D eigenvalue weighted by molar-refractivity contribution is 9.10. The Hall–Kier alpha value is -2.32. The van der Waals surface area contributed by atoms with Gasteiger partial charge in [-0.05, 0) is 35.9 Å². The van der Waals surface area contributed by atoms with Gasteiger partial charge in [-0.3, -0.25) is 4.79 Å². The minimum atomic E-state index is -0.243. The second-order valence-corrected chi connectivity index (χ2v) is 5.25. The summed E-state index contributed by atoms with van der Waals surface area (Å²) in [6.07, 6.45) is 0.356. The van der Waals surface area contributed by atoms with Crippen LogP contribution in [-0.4, -0.2) is 13.0 Å². The summed E-state index contributed by atoms with van der Waals surface area (Å²) in [7, 11) is 1.52. The van der Waals surface area contributed by atoms with Gasteiger partial charge in [-0.15, -0.1) is 0 Å². The molecule has 0 aliphatic heterocycles. The van der Waals surface area contributed by atoms with Gasteiger partial charge in [-0.2, -0.15) is 5.26 Å². The number of benzene rings is 2. The second-order valence-electron chi connectivity index (χ2n) is 4.33. The molecule has 2 rings (SSSR count). The summed E-state index contributed by atoms with van der Waals surface area (Å²) in [6, 6.07) is 14.5. The molecule has 0 unspecified atom stereocenters. The molecule has 0 fully saturated rings. The zero-order valence-corrected chi connectivity index (χ0v) is 13.0. The van der Waals surface area contributed by atoms with Crippen molar-refractivity contribution in [2.24, 2.45) is 0 Å². The first kappa shape index (κ1) is 15.1. The summed E-state index contributed by atoms with van der Waals surface area (Å²) < 4.78 is 6.05. The van der Waals surface area contributed by atoms with E-state index in [-0.39, 0.29) is 5.91 Å². The lowest BCUT2D eigenvalue weighted by Crippen LogP contribution is -2.13. The van der Waals surface area contributed by atoms with Gasteiger partial charge in [-0.1, -0.05) is 28.1 Å². The number of nitriles is 1. The molecule has 0 saturated carbocycles. The van der Waals surface area contributed by atoms with Crippen molar-refractivity contribution in [1.82, 2.24) is 0 Å². The van der Waals surface area contributed by atoms with E-state index in [0.29, 0.717) is 23.4 Å². The van der Waals surface area contributed by atoms with E-state index in [0.717, 1.165) is 10.0 Å². The molecule has 1 N–H and O–H groups in total. The minimum absolute atomic E-state index is 0.243. The standard InChI is InChI=1S/C16H13BrN2O2/c1-21-15-10-12(17)4-7-14(15)16(20)19-13-5-2-11(3-6-13)8-9-18/h2-7,10H,8H2,1H3,(H,19,20). The van der Waals surface area contributed by atoms with Crippen molar-refractivity contribution in [3.05, 3.63) is 58.1 Å². The Balaban J connectivity index is 2.16. The number of amides is 1. The second kappa shape index (κ2) is 6.91. The van der Waals surface area contributed by atoms with Crippen molar-refractivity contribution in [3.63, 3.8) is 0 Å². The van der Waals surface area contributed by atoms with E-state index in [1.807, 2.05) is 12.1 Å². The molecular formula is C16H13BrN2O2. The van der Waals surface area contributed by atoms with E-state index in [4.69, 9.17) is 10.00 Å². The number of halogens is 1. The molecule has 0 aliphatic carbocycles. The van der Waals surface area contributed by atoms with Crippen molar-refractivity contribution >= 4 is 27.5 Å². The molecule has 5 heteroatoms. The lowest BCUT2D eigenvalue weighted by Gasteiger charge is -2.10. The fourth-order valence-corrected chi connectivity index (χ4v) is 2.19. The van der Waals surface area contributed by atoms with Crippen LogP contribution in [-0.2, 0) is 6.42 Å². The van der Waals surface area contributed by atoms with Crippen LogP contribution in [0.2, 0.25) is 0 Å². The van der Waals surface area contributed by atoms with Crippen LogP contribution in [0, 0.1) is 11.3 Å². The average Bonchev–Trinajstić information content (AvgIpc) is 2.49. The molecule has 1 amide bonds. The number of anilines is 1. The number of hydrogen-bond donors (Lipinski definition) is 1. The van der Waals surface area contributed by atoms with Crippen LogP contribution >= 0.6 is 15.9 Å². The Morgan fingerprint density at radius 2 is 2.00 bits per heavy atom. The number of hydrogen-bond acceptors (Lipinski definition) is 3. The highest BCUT2D eigenvalue weighted by Crippen LogP contribution is 2.24. The number of carbonyl (C=O) groups excluding carboxylic acids is 1. The number of methoxy groups -OCH3 is 1. The highest BCUT2D eigenvalue weighted by atomic mass is 79.9. The van der Waals surface area contributed by atoms with Crippen LogP contribution in [0.25, 0.3) is 0 Å². The summed E-state index contributed by atoms with van der Waals surface area (Å²) in [5.74, 6) is 0.260. The first-order chi connectivity index (χ1) is 10.1. The largest absolute Gasteiger partial charge is 0.496 e. The number of rotatable bonds is 4. The average molecular weight is 345 g/mol. The molecule has 0 bridgehead atoms.